The Labute approximate surface area is 146 Å². The van der Waals surface area contributed by atoms with Crippen LogP contribution in [0.15, 0.2) is 24.3 Å². The largest absolute Gasteiger partial charge is 0.481 e. The monoisotopic (exact) mass is 352 g/mol. The van der Waals surface area contributed by atoms with Crippen molar-refractivity contribution in [1.82, 2.24) is 5.32 Å². The highest BCUT2D eigenvalue weighted by atomic mass is 32.2. The van der Waals surface area contributed by atoms with Crippen molar-refractivity contribution >= 4 is 35.2 Å². The number of carboxylic acid groups (broad SMARTS) is 1. The fourth-order valence-corrected chi connectivity index (χ4v) is 2.60. The number of carbonyl (C=O) groups is 3. The number of nitrogens with one attached hydrogen (secondary N) is 2. The van der Waals surface area contributed by atoms with E-state index < -0.39 is 11.4 Å². The number of anilines is 1. The average Bonchev–Trinajstić information content (AvgIpc) is 2.48. The molecule has 0 radical (unpaired) electrons. The summed E-state index contributed by atoms with van der Waals surface area (Å²) in [6, 6.07) is 7.37. The highest BCUT2D eigenvalue weighted by Crippen LogP contribution is 2.17. The van der Waals surface area contributed by atoms with Gasteiger partial charge >= 0.3 is 5.97 Å². The van der Waals surface area contributed by atoms with Crippen molar-refractivity contribution in [3.8, 4) is 0 Å². The molecular formula is C17H24N2O4S. The van der Waals surface area contributed by atoms with Crippen LogP contribution in [0, 0.1) is 5.41 Å². The van der Waals surface area contributed by atoms with Crippen molar-refractivity contribution in [1.29, 1.82) is 0 Å². The topological polar surface area (TPSA) is 95.5 Å². The standard InChI is InChI=1S/C17H24N2O4S/c1-17(2,3)16(23)18-10-14(20)19-13-6-4-5-12(9-13)11-24-8-7-15(21)22/h4-6,9H,7-8,10-11H2,1-3H3,(H,18,23)(H,19,20)(H,21,22). The third-order valence-electron chi connectivity index (χ3n) is 3.03. The lowest BCUT2D eigenvalue weighted by molar-refractivity contribution is -0.136. The Kier molecular flexibility index (Phi) is 7.78. The normalized spacial score (nSPS) is 11.0. The van der Waals surface area contributed by atoms with Gasteiger partial charge in [0.05, 0.1) is 13.0 Å². The summed E-state index contributed by atoms with van der Waals surface area (Å²) in [4.78, 5) is 34.1. The van der Waals surface area contributed by atoms with Gasteiger partial charge in [0.25, 0.3) is 0 Å². The molecule has 0 saturated heterocycles. The van der Waals surface area contributed by atoms with E-state index in [4.69, 9.17) is 5.11 Å². The van der Waals surface area contributed by atoms with Crippen molar-refractivity contribution in [3.63, 3.8) is 0 Å². The van der Waals surface area contributed by atoms with E-state index >= 15 is 0 Å². The summed E-state index contributed by atoms with van der Waals surface area (Å²) in [6.45, 7) is 5.27. The van der Waals surface area contributed by atoms with E-state index in [1.807, 2.05) is 18.2 Å². The van der Waals surface area contributed by atoms with Gasteiger partial charge in [0.2, 0.25) is 11.8 Å². The Balaban J connectivity index is 2.44. The number of benzene rings is 1. The average molecular weight is 352 g/mol. The molecule has 24 heavy (non-hydrogen) atoms. The van der Waals surface area contributed by atoms with Crippen LogP contribution in [-0.4, -0.2) is 35.2 Å². The fraction of sp³-hybridized carbons (Fsp3) is 0.471. The molecule has 0 spiro atoms. The third-order valence-corrected chi connectivity index (χ3v) is 4.06. The number of hydrogen-bond acceptors (Lipinski definition) is 4. The van der Waals surface area contributed by atoms with Crippen molar-refractivity contribution < 1.29 is 19.5 Å². The van der Waals surface area contributed by atoms with Crippen LogP contribution in [0.1, 0.15) is 32.8 Å². The molecule has 132 valence electrons. The van der Waals surface area contributed by atoms with Gasteiger partial charge in [-0.1, -0.05) is 32.9 Å². The Hall–Kier alpha value is -2.02. The Morgan fingerprint density at radius 2 is 1.92 bits per heavy atom. The number of carbonyl (C=O) groups excluding carboxylic acids is 2. The van der Waals surface area contributed by atoms with E-state index in [9.17, 15) is 14.4 Å². The lowest BCUT2D eigenvalue weighted by atomic mass is 9.96. The summed E-state index contributed by atoms with van der Waals surface area (Å²) in [5, 5.41) is 13.9. The van der Waals surface area contributed by atoms with Gasteiger partial charge in [-0.25, -0.2) is 0 Å². The van der Waals surface area contributed by atoms with Crippen LogP contribution in [0.5, 0.6) is 0 Å². The quantitative estimate of drug-likeness (QED) is 0.625. The summed E-state index contributed by atoms with van der Waals surface area (Å²) in [5.74, 6) is -0.0481. The highest BCUT2D eigenvalue weighted by molar-refractivity contribution is 7.98. The van der Waals surface area contributed by atoms with Crippen LogP contribution in [0.2, 0.25) is 0 Å². The van der Waals surface area contributed by atoms with Crippen molar-refractivity contribution in [3.05, 3.63) is 29.8 Å². The molecule has 1 aromatic rings. The molecule has 1 rings (SSSR count). The molecule has 0 heterocycles. The molecule has 0 saturated carbocycles. The second kappa shape index (κ2) is 9.32. The zero-order valence-electron chi connectivity index (χ0n) is 14.2. The summed E-state index contributed by atoms with van der Waals surface area (Å²) < 4.78 is 0. The zero-order chi connectivity index (χ0) is 18.2. The Morgan fingerprint density at radius 3 is 2.54 bits per heavy atom. The second-order valence-corrected chi connectivity index (χ2v) is 7.48. The SMILES string of the molecule is CC(C)(C)C(=O)NCC(=O)Nc1cccc(CSCCC(=O)O)c1. The maximum absolute atomic E-state index is 11.9. The van der Waals surface area contributed by atoms with Gasteiger partial charge in [0.1, 0.15) is 0 Å². The van der Waals surface area contributed by atoms with Gasteiger partial charge < -0.3 is 15.7 Å². The predicted molar refractivity (Wildman–Crippen MR) is 96.0 cm³/mol. The summed E-state index contributed by atoms with van der Waals surface area (Å²) in [7, 11) is 0. The Morgan fingerprint density at radius 1 is 1.21 bits per heavy atom. The molecule has 7 heteroatoms. The van der Waals surface area contributed by atoms with Gasteiger partial charge in [-0.3, -0.25) is 14.4 Å². The molecule has 0 unspecified atom stereocenters. The molecule has 1 aromatic carbocycles. The van der Waals surface area contributed by atoms with Gasteiger partial charge in [-0.05, 0) is 17.7 Å². The minimum Gasteiger partial charge on any atom is -0.481 e. The highest BCUT2D eigenvalue weighted by Gasteiger charge is 2.21. The first-order valence-electron chi connectivity index (χ1n) is 7.65. The first-order valence-corrected chi connectivity index (χ1v) is 8.80. The van der Waals surface area contributed by atoms with Crippen molar-refractivity contribution in [2.75, 3.05) is 17.6 Å². The molecule has 0 atom stereocenters. The number of rotatable bonds is 8. The minimum absolute atomic E-state index is 0.0757. The van der Waals surface area contributed by atoms with Gasteiger partial charge in [-0.15, -0.1) is 0 Å². The molecule has 2 amide bonds. The molecule has 6 nitrogen and oxygen atoms in total. The van der Waals surface area contributed by atoms with E-state index in [0.717, 1.165) is 5.56 Å². The van der Waals surface area contributed by atoms with Crippen molar-refractivity contribution in [2.45, 2.75) is 32.9 Å². The molecule has 0 aliphatic rings. The molecule has 0 fully saturated rings. The van der Waals surface area contributed by atoms with E-state index in [0.29, 0.717) is 17.2 Å². The van der Waals surface area contributed by atoms with Crippen LogP contribution in [0.25, 0.3) is 0 Å². The zero-order valence-corrected chi connectivity index (χ0v) is 15.0. The van der Waals surface area contributed by atoms with Gasteiger partial charge in [0.15, 0.2) is 0 Å². The van der Waals surface area contributed by atoms with Crippen LogP contribution in [0.4, 0.5) is 5.69 Å². The van der Waals surface area contributed by atoms with E-state index in [1.165, 1.54) is 11.8 Å². The van der Waals surface area contributed by atoms with Crippen LogP contribution >= 0.6 is 11.8 Å². The molecule has 0 aliphatic heterocycles. The molecule has 0 aromatic heterocycles. The second-order valence-electron chi connectivity index (χ2n) is 6.38. The minimum atomic E-state index is -0.805. The molecule has 0 aliphatic carbocycles. The molecule has 0 bridgehead atoms. The van der Waals surface area contributed by atoms with Gasteiger partial charge in [-0.2, -0.15) is 11.8 Å². The number of aliphatic carboxylic acids is 1. The summed E-state index contributed by atoms with van der Waals surface area (Å²) in [6.07, 6.45) is 0.134. The lowest BCUT2D eigenvalue weighted by Gasteiger charge is -2.17. The maximum Gasteiger partial charge on any atom is 0.304 e. The first-order chi connectivity index (χ1) is 11.2. The van der Waals surface area contributed by atoms with Gasteiger partial charge in [0, 0.05) is 22.6 Å². The van der Waals surface area contributed by atoms with Crippen molar-refractivity contribution in [2.24, 2.45) is 5.41 Å². The number of amides is 2. The van der Waals surface area contributed by atoms with E-state index in [1.54, 1.807) is 26.8 Å². The lowest BCUT2D eigenvalue weighted by Crippen LogP contribution is -2.39. The smallest absolute Gasteiger partial charge is 0.304 e. The maximum atomic E-state index is 11.9. The Bertz CT molecular complexity index is 596. The van der Waals surface area contributed by atoms with Crippen LogP contribution in [-0.2, 0) is 20.1 Å². The number of thioether (sulfide) groups is 1. The predicted octanol–water partition coefficient (Wildman–Crippen LogP) is 2.50. The first kappa shape index (κ1) is 20.0. The van der Waals surface area contributed by atoms with E-state index in [2.05, 4.69) is 10.6 Å². The summed E-state index contributed by atoms with van der Waals surface area (Å²) in [5.41, 5.74) is 1.12. The van der Waals surface area contributed by atoms with E-state index in [-0.39, 0.29) is 24.8 Å². The number of carboxylic acids is 1. The van der Waals surface area contributed by atoms with Crippen LogP contribution < -0.4 is 10.6 Å². The molecule has 3 N–H and O–H groups in total. The molecular weight excluding hydrogens is 328 g/mol. The third kappa shape index (κ3) is 8.01. The van der Waals surface area contributed by atoms with Crippen LogP contribution in [0.3, 0.4) is 0 Å². The fourth-order valence-electron chi connectivity index (χ4n) is 1.72. The summed E-state index contributed by atoms with van der Waals surface area (Å²) >= 11 is 1.53. The number of hydrogen-bond donors (Lipinski definition) is 3.